The quantitative estimate of drug-likeness (QED) is 0.0211. The number of carbonyl (C=O) groups is 8. The van der Waals surface area contributed by atoms with Gasteiger partial charge in [-0.15, -0.1) is 0 Å². The van der Waals surface area contributed by atoms with Gasteiger partial charge in [0, 0.05) is 41.4 Å². The molecule has 0 saturated heterocycles. The van der Waals surface area contributed by atoms with Crippen molar-refractivity contribution in [2.45, 2.75) is 113 Å². The average Bonchev–Trinajstić information content (AvgIpc) is 3.77. The molecule has 0 spiro atoms. The van der Waals surface area contributed by atoms with Crippen molar-refractivity contribution in [3.8, 4) is 0 Å². The normalized spacial score (nSPS) is 15.4. The lowest BCUT2D eigenvalue weighted by atomic mass is 10.0. The van der Waals surface area contributed by atoms with Gasteiger partial charge in [0.25, 0.3) is 0 Å². The number of H-pyrrole nitrogens is 1. The highest BCUT2D eigenvalue weighted by Crippen LogP contribution is 2.20. The van der Waals surface area contributed by atoms with Crippen molar-refractivity contribution in [2.24, 2.45) is 17.2 Å². The molecule has 0 bridgehead atoms. The van der Waals surface area contributed by atoms with E-state index >= 15 is 0 Å². The first-order valence-electron chi connectivity index (χ1n) is 23.4. The lowest BCUT2D eigenvalue weighted by Gasteiger charge is -2.28. The van der Waals surface area contributed by atoms with E-state index in [1.807, 2.05) is 48.5 Å². The number of nitrogens with one attached hydrogen (secondary N) is 8. The zero-order valence-corrected chi connectivity index (χ0v) is 41.9. The number of hydrogen-bond donors (Lipinski definition) is 15. The largest absolute Gasteiger partial charge is 0.391 e. The summed E-state index contributed by atoms with van der Waals surface area (Å²) in [6.07, 6.45) is -0.479. The molecule has 0 aliphatic rings. The minimum absolute atomic E-state index is 0.00920. The van der Waals surface area contributed by atoms with Crippen molar-refractivity contribution in [1.29, 1.82) is 0 Å². The summed E-state index contributed by atoms with van der Waals surface area (Å²) >= 11 is 8.43. The Morgan fingerprint density at radius 2 is 0.986 bits per heavy atom. The molecular formula is C49H67N11O10S2. The summed E-state index contributed by atoms with van der Waals surface area (Å²) in [4.78, 5) is 112. The predicted octanol–water partition coefficient (Wildman–Crippen LogP) is -1.85. The maximum atomic E-state index is 14.6. The Morgan fingerprint density at radius 3 is 1.53 bits per heavy atom. The van der Waals surface area contributed by atoms with E-state index in [1.165, 1.54) is 13.8 Å². The molecule has 0 fully saturated rings. The minimum Gasteiger partial charge on any atom is -0.391 e. The fourth-order valence-corrected chi connectivity index (χ4v) is 8.11. The number of fused-ring (bicyclic) bond motifs is 1. The number of aromatic nitrogens is 1. The number of thiol groups is 2. The van der Waals surface area contributed by atoms with Crippen LogP contribution in [0.5, 0.6) is 0 Å². The maximum Gasteiger partial charge on any atom is 0.245 e. The summed E-state index contributed by atoms with van der Waals surface area (Å²) in [5.74, 6) is -7.36. The van der Waals surface area contributed by atoms with Crippen LogP contribution in [-0.2, 0) is 57.6 Å². The monoisotopic (exact) mass is 1030 g/mol. The van der Waals surface area contributed by atoms with Crippen molar-refractivity contribution in [1.82, 2.24) is 42.2 Å². The molecule has 0 aliphatic heterocycles. The first-order chi connectivity index (χ1) is 34.4. The van der Waals surface area contributed by atoms with Crippen molar-refractivity contribution in [3.63, 3.8) is 0 Å². The second kappa shape index (κ2) is 29.1. The number of para-hydroxylation sites is 1. The molecule has 8 amide bonds. The highest BCUT2D eigenvalue weighted by Gasteiger charge is 2.36. The Labute approximate surface area is 428 Å². The van der Waals surface area contributed by atoms with E-state index in [0.717, 1.165) is 16.5 Å². The predicted molar refractivity (Wildman–Crippen MR) is 277 cm³/mol. The van der Waals surface area contributed by atoms with Crippen molar-refractivity contribution >= 4 is 83.4 Å². The summed E-state index contributed by atoms with van der Waals surface area (Å²) in [6, 6.07) is 14.2. The lowest BCUT2D eigenvalue weighted by molar-refractivity contribution is -0.137. The number of carbonyl (C=O) groups excluding carboxylic acids is 8. The van der Waals surface area contributed by atoms with Crippen LogP contribution in [0, 0.1) is 0 Å². The Bertz CT molecular complexity index is 2450. The summed E-state index contributed by atoms with van der Waals surface area (Å²) in [6.45, 7) is 2.68. The van der Waals surface area contributed by atoms with Crippen molar-refractivity contribution in [3.05, 3.63) is 108 Å². The van der Waals surface area contributed by atoms with Gasteiger partial charge in [0.15, 0.2) is 0 Å². The summed E-state index contributed by atoms with van der Waals surface area (Å²) in [7, 11) is 0. The van der Waals surface area contributed by atoms with Gasteiger partial charge in [0.2, 0.25) is 47.3 Å². The first-order valence-corrected chi connectivity index (χ1v) is 24.7. The standard InChI is InChI=1S/C49H67N11O10S2/c1-27(61)40(42(52)63)59-48(69)39(26-72)58-49(70)41(28(2)62)60-44(65)35(19-11-12-20-50)54-46(67)37(23-31-24-53-34-18-10-9-17-32(31)34)56-45(66)36(22-30-15-7-4-8-16-30)55-47(68)38(25-71)57-43(64)33(51)21-29-13-5-3-6-14-29/h3-10,13-18,24,27-28,33,35-41,53,61-62,71-72H,11-12,19-23,25-26,50-51H2,1-2H3,(H2,52,63)(H,54,67)(H,55,68)(H,56,66)(H,57,64)(H,58,70)(H,59,69)(H,60,65)/t27-,28-,33-,35+,36+,37-,38+,39+,40+,41+/m1/s1. The van der Waals surface area contributed by atoms with Gasteiger partial charge in [-0.3, -0.25) is 38.4 Å². The van der Waals surface area contributed by atoms with Crippen molar-refractivity contribution in [2.75, 3.05) is 18.1 Å². The van der Waals surface area contributed by atoms with Crippen LogP contribution in [0.25, 0.3) is 10.9 Å². The summed E-state index contributed by atoms with van der Waals surface area (Å²) < 4.78 is 0. The molecule has 0 saturated carbocycles. The second-order valence-electron chi connectivity index (χ2n) is 17.4. The molecular weight excluding hydrogens is 967 g/mol. The van der Waals surface area contributed by atoms with Crippen LogP contribution < -0.4 is 54.4 Å². The average molecular weight is 1030 g/mol. The topological polar surface area (TPSA) is 355 Å². The number of primary amides is 1. The third-order valence-electron chi connectivity index (χ3n) is 11.6. The molecule has 4 rings (SSSR count). The molecule has 21 nitrogen and oxygen atoms in total. The van der Waals surface area contributed by atoms with Crippen LogP contribution in [-0.4, -0.2) is 141 Å². The number of rotatable bonds is 29. The van der Waals surface area contributed by atoms with Gasteiger partial charge < -0.3 is 69.6 Å². The van der Waals surface area contributed by atoms with E-state index in [9.17, 15) is 48.6 Å². The molecule has 72 heavy (non-hydrogen) atoms. The van der Waals surface area contributed by atoms with Gasteiger partial charge in [-0.2, -0.15) is 25.3 Å². The molecule has 4 aromatic rings. The third kappa shape index (κ3) is 17.7. The molecule has 16 N–H and O–H groups in total. The number of benzene rings is 3. The first kappa shape index (κ1) is 58.1. The molecule has 3 aromatic carbocycles. The second-order valence-corrected chi connectivity index (χ2v) is 18.1. The van der Waals surface area contributed by atoms with Crippen LogP contribution in [0.1, 0.15) is 49.8 Å². The van der Waals surface area contributed by atoms with Crippen LogP contribution in [0.15, 0.2) is 91.1 Å². The van der Waals surface area contributed by atoms with Gasteiger partial charge in [-0.05, 0) is 68.8 Å². The maximum absolute atomic E-state index is 14.6. The van der Waals surface area contributed by atoms with Gasteiger partial charge in [0.1, 0.15) is 42.3 Å². The fourth-order valence-electron chi connectivity index (χ4n) is 7.60. The van der Waals surface area contributed by atoms with E-state index in [4.69, 9.17) is 17.2 Å². The zero-order valence-electron chi connectivity index (χ0n) is 40.1. The summed E-state index contributed by atoms with van der Waals surface area (Å²) in [5.41, 5.74) is 20.1. The Morgan fingerprint density at radius 1 is 0.542 bits per heavy atom. The number of unbranched alkanes of at least 4 members (excludes halogenated alkanes) is 1. The van der Waals surface area contributed by atoms with Gasteiger partial charge in [0.05, 0.1) is 18.2 Å². The molecule has 0 radical (unpaired) electrons. The highest BCUT2D eigenvalue weighted by atomic mass is 32.1. The van der Waals surface area contributed by atoms with Gasteiger partial charge >= 0.3 is 0 Å². The van der Waals surface area contributed by atoms with Crippen LogP contribution >= 0.6 is 25.3 Å². The Kier molecular flexibility index (Phi) is 23.5. The minimum atomic E-state index is -1.69. The molecule has 1 aromatic heterocycles. The van der Waals surface area contributed by atoms with E-state index in [0.29, 0.717) is 24.0 Å². The fraction of sp³-hybridized carbons (Fsp3) is 0.429. The number of amides is 8. The van der Waals surface area contributed by atoms with E-state index < -0.39 is 108 Å². The summed E-state index contributed by atoms with van der Waals surface area (Å²) in [5, 5.41) is 39.3. The van der Waals surface area contributed by atoms with E-state index in [2.05, 4.69) is 67.5 Å². The molecule has 390 valence electrons. The smallest absolute Gasteiger partial charge is 0.245 e. The van der Waals surface area contributed by atoms with Crippen LogP contribution in [0.4, 0.5) is 0 Å². The van der Waals surface area contributed by atoms with Gasteiger partial charge in [-0.25, -0.2) is 0 Å². The van der Waals surface area contributed by atoms with E-state index in [1.54, 1.807) is 42.6 Å². The SMILES string of the molecule is C[C@@H](O)[C@H](NC(=O)[C@H](CS)NC(=O)[C@@H](NC(=O)[C@H](CCCCN)NC(=O)[C@@H](Cc1c[nH]c2ccccc12)NC(=O)[C@H](Cc1ccccc1)NC(=O)[C@H](CS)NC(=O)[C@H](N)Cc1ccccc1)[C@@H](C)O)C(N)=O. The third-order valence-corrected chi connectivity index (χ3v) is 12.4. The van der Waals surface area contributed by atoms with Crippen molar-refractivity contribution < 1.29 is 48.6 Å². The van der Waals surface area contributed by atoms with Crippen LogP contribution in [0.3, 0.4) is 0 Å². The van der Waals surface area contributed by atoms with Gasteiger partial charge in [-0.1, -0.05) is 78.9 Å². The van der Waals surface area contributed by atoms with E-state index in [-0.39, 0.29) is 43.7 Å². The number of hydrogen-bond acceptors (Lipinski definition) is 14. The molecule has 10 atom stereocenters. The molecule has 1 heterocycles. The number of aliphatic hydroxyl groups is 2. The number of nitrogens with two attached hydrogens (primary N) is 3. The number of aromatic amines is 1. The van der Waals surface area contributed by atoms with Crippen LogP contribution in [0.2, 0.25) is 0 Å². The Balaban J connectivity index is 1.61. The number of aliphatic hydroxyl groups excluding tert-OH is 2. The highest BCUT2D eigenvalue weighted by molar-refractivity contribution is 7.80. The molecule has 0 aliphatic carbocycles. The molecule has 0 unspecified atom stereocenters. The zero-order chi connectivity index (χ0) is 52.9. The molecule has 23 heteroatoms. The Hall–Kier alpha value is -6.50. The lowest BCUT2D eigenvalue weighted by Crippen LogP contribution is -2.62.